The van der Waals surface area contributed by atoms with Gasteiger partial charge in [-0.2, -0.15) is 0 Å². The molecular weight excluding hydrogens is 566 g/mol. The third-order valence-corrected chi connectivity index (χ3v) is 8.32. The second-order valence-electron chi connectivity index (χ2n) is 9.44. The predicted octanol–water partition coefficient (Wildman–Crippen LogP) is 4.88. The molecule has 1 atom stereocenters. The SMILES string of the molecule is CC(C)CNC(=O)[C@@H](C)N(CCc1ccccc1)C(=O)CN(c1cccc(Br)c1)S(=O)(=O)c1ccccc1. The van der Waals surface area contributed by atoms with Crippen molar-refractivity contribution in [2.75, 3.05) is 23.9 Å². The molecule has 0 spiro atoms. The Morgan fingerprint density at radius 3 is 2.13 bits per heavy atom. The minimum atomic E-state index is -4.07. The molecule has 0 radical (unpaired) electrons. The van der Waals surface area contributed by atoms with Crippen molar-refractivity contribution in [3.63, 3.8) is 0 Å². The molecule has 0 unspecified atom stereocenters. The molecule has 3 aromatic rings. The molecule has 38 heavy (non-hydrogen) atoms. The minimum Gasteiger partial charge on any atom is -0.354 e. The van der Waals surface area contributed by atoms with Crippen LogP contribution in [0, 0.1) is 5.92 Å². The Bertz CT molecular complexity index is 1320. The van der Waals surface area contributed by atoms with E-state index in [2.05, 4.69) is 21.2 Å². The smallest absolute Gasteiger partial charge is 0.264 e. The lowest BCUT2D eigenvalue weighted by Crippen LogP contribution is -2.52. The highest BCUT2D eigenvalue weighted by molar-refractivity contribution is 9.10. The Morgan fingerprint density at radius 1 is 0.895 bits per heavy atom. The largest absolute Gasteiger partial charge is 0.354 e. The standard InChI is InChI=1S/C29H34BrN3O4S/c1-22(2)20-31-29(35)23(3)32(18-17-24-11-6-4-7-12-24)28(34)21-33(26-14-10-13-25(30)19-26)38(36,37)27-15-8-5-9-16-27/h4-16,19,22-23H,17-18,20-21H2,1-3H3,(H,31,35)/t23-/m1/s1. The molecule has 9 heteroatoms. The van der Waals surface area contributed by atoms with Gasteiger partial charge in [-0.05, 0) is 55.2 Å². The van der Waals surface area contributed by atoms with Crippen molar-refractivity contribution in [1.82, 2.24) is 10.2 Å². The predicted molar refractivity (Wildman–Crippen MR) is 154 cm³/mol. The average molecular weight is 601 g/mol. The molecule has 3 aromatic carbocycles. The molecule has 0 aliphatic rings. The summed E-state index contributed by atoms with van der Waals surface area (Å²) >= 11 is 3.40. The van der Waals surface area contributed by atoms with Crippen molar-refractivity contribution in [2.45, 2.75) is 38.1 Å². The average Bonchev–Trinajstić information content (AvgIpc) is 2.91. The first-order chi connectivity index (χ1) is 18.1. The monoisotopic (exact) mass is 599 g/mol. The van der Waals surface area contributed by atoms with E-state index in [-0.39, 0.29) is 23.3 Å². The van der Waals surface area contributed by atoms with Crippen LogP contribution in [0.5, 0.6) is 0 Å². The van der Waals surface area contributed by atoms with Crippen molar-refractivity contribution in [1.29, 1.82) is 0 Å². The Hall–Kier alpha value is -3.17. The maximum absolute atomic E-state index is 13.8. The van der Waals surface area contributed by atoms with Gasteiger partial charge in [0.15, 0.2) is 0 Å². The lowest BCUT2D eigenvalue weighted by atomic mass is 10.1. The number of halogens is 1. The van der Waals surface area contributed by atoms with Gasteiger partial charge in [0, 0.05) is 17.6 Å². The zero-order chi connectivity index (χ0) is 27.7. The molecule has 0 aliphatic heterocycles. The zero-order valence-corrected chi connectivity index (χ0v) is 24.3. The molecule has 202 valence electrons. The molecule has 1 N–H and O–H groups in total. The van der Waals surface area contributed by atoms with E-state index in [1.807, 2.05) is 44.2 Å². The molecule has 0 saturated heterocycles. The second-order valence-corrected chi connectivity index (χ2v) is 12.2. The number of carbonyl (C=O) groups excluding carboxylic acids is 2. The number of nitrogens with zero attached hydrogens (tertiary/aromatic N) is 2. The molecule has 2 amide bonds. The first-order valence-corrected chi connectivity index (χ1v) is 14.8. The van der Waals surface area contributed by atoms with Crippen LogP contribution in [0.3, 0.4) is 0 Å². The van der Waals surface area contributed by atoms with Gasteiger partial charge in [-0.15, -0.1) is 0 Å². The number of rotatable bonds is 12. The quantitative estimate of drug-likeness (QED) is 0.321. The molecule has 0 aromatic heterocycles. The van der Waals surface area contributed by atoms with Gasteiger partial charge in [0.05, 0.1) is 10.6 Å². The molecule has 0 aliphatic carbocycles. The first-order valence-electron chi connectivity index (χ1n) is 12.5. The van der Waals surface area contributed by atoms with Gasteiger partial charge in [-0.3, -0.25) is 13.9 Å². The van der Waals surface area contributed by atoms with E-state index in [4.69, 9.17) is 0 Å². The number of benzene rings is 3. The summed E-state index contributed by atoms with van der Waals surface area (Å²) in [4.78, 5) is 28.3. The van der Waals surface area contributed by atoms with Gasteiger partial charge >= 0.3 is 0 Å². The van der Waals surface area contributed by atoms with Crippen molar-refractivity contribution in [3.8, 4) is 0 Å². The number of nitrogens with one attached hydrogen (secondary N) is 1. The van der Waals surface area contributed by atoms with Gasteiger partial charge in [-0.1, -0.05) is 84.4 Å². The molecule has 7 nitrogen and oxygen atoms in total. The van der Waals surface area contributed by atoms with Crippen LogP contribution >= 0.6 is 15.9 Å². The molecule has 3 rings (SSSR count). The van der Waals surface area contributed by atoms with Crippen LogP contribution in [-0.4, -0.2) is 50.8 Å². The maximum atomic E-state index is 13.8. The van der Waals surface area contributed by atoms with Gasteiger partial charge in [0.1, 0.15) is 12.6 Å². The third kappa shape index (κ3) is 7.91. The fraction of sp³-hybridized carbons (Fsp3) is 0.310. The summed E-state index contributed by atoms with van der Waals surface area (Å²) in [5.74, 6) is -0.490. The van der Waals surface area contributed by atoms with E-state index >= 15 is 0 Å². The highest BCUT2D eigenvalue weighted by Gasteiger charge is 2.32. The van der Waals surface area contributed by atoms with Gasteiger partial charge in [-0.25, -0.2) is 8.42 Å². The topological polar surface area (TPSA) is 86.8 Å². The number of sulfonamides is 1. The van der Waals surface area contributed by atoms with Crippen LogP contribution in [0.25, 0.3) is 0 Å². The van der Waals surface area contributed by atoms with Crippen molar-refractivity contribution in [2.24, 2.45) is 5.92 Å². The van der Waals surface area contributed by atoms with Crippen LogP contribution in [0.4, 0.5) is 5.69 Å². The summed E-state index contributed by atoms with van der Waals surface area (Å²) in [6.45, 7) is 5.95. The van der Waals surface area contributed by atoms with E-state index in [0.29, 0.717) is 23.1 Å². The Kier molecular flexibility index (Phi) is 10.5. The lowest BCUT2D eigenvalue weighted by molar-refractivity contribution is -0.138. The Labute approximate surface area is 234 Å². The van der Waals surface area contributed by atoms with E-state index < -0.39 is 28.5 Å². The van der Waals surface area contributed by atoms with Crippen molar-refractivity contribution in [3.05, 3.63) is 95.0 Å². The van der Waals surface area contributed by atoms with E-state index in [1.54, 1.807) is 49.4 Å². The van der Waals surface area contributed by atoms with Gasteiger partial charge in [0.2, 0.25) is 11.8 Å². The summed E-state index contributed by atoms with van der Waals surface area (Å²) in [7, 11) is -4.07. The number of amides is 2. The highest BCUT2D eigenvalue weighted by Crippen LogP contribution is 2.26. The highest BCUT2D eigenvalue weighted by atomic mass is 79.9. The lowest BCUT2D eigenvalue weighted by Gasteiger charge is -2.32. The maximum Gasteiger partial charge on any atom is 0.264 e. The molecule has 0 saturated carbocycles. The van der Waals surface area contributed by atoms with Crippen molar-refractivity contribution < 1.29 is 18.0 Å². The van der Waals surface area contributed by atoms with Gasteiger partial charge < -0.3 is 10.2 Å². The number of anilines is 1. The summed E-state index contributed by atoms with van der Waals surface area (Å²) < 4.78 is 29.2. The zero-order valence-electron chi connectivity index (χ0n) is 21.9. The summed E-state index contributed by atoms with van der Waals surface area (Å²) in [5.41, 5.74) is 1.36. The van der Waals surface area contributed by atoms with E-state index in [0.717, 1.165) is 9.87 Å². The molecular formula is C29H34BrN3O4S. The molecule has 0 bridgehead atoms. The first kappa shape index (κ1) is 29.4. The van der Waals surface area contributed by atoms with Crippen LogP contribution in [0.2, 0.25) is 0 Å². The molecule has 0 heterocycles. The summed E-state index contributed by atoms with van der Waals surface area (Å²) in [6.07, 6.45) is 0.525. The summed E-state index contributed by atoms with van der Waals surface area (Å²) in [5, 5.41) is 2.89. The Balaban J connectivity index is 1.94. The van der Waals surface area contributed by atoms with E-state index in [1.165, 1.54) is 17.0 Å². The van der Waals surface area contributed by atoms with Crippen molar-refractivity contribution >= 4 is 43.5 Å². The number of carbonyl (C=O) groups is 2. The van der Waals surface area contributed by atoms with Crippen LogP contribution in [0.15, 0.2) is 94.3 Å². The van der Waals surface area contributed by atoms with Crippen LogP contribution < -0.4 is 9.62 Å². The molecule has 0 fully saturated rings. The van der Waals surface area contributed by atoms with Crippen LogP contribution in [-0.2, 0) is 26.0 Å². The Morgan fingerprint density at radius 2 is 1.53 bits per heavy atom. The second kappa shape index (κ2) is 13.6. The number of hydrogen-bond acceptors (Lipinski definition) is 4. The normalized spacial score (nSPS) is 12.1. The minimum absolute atomic E-state index is 0.0753. The van der Waals surface area contributed by atoms with Crippen LogP contribution in [0.1, 0.15) is 26.3 Å². The summed E-state index contributed by atoms with van der Waals surface area (Å²) in [6, 6.07) is 23.7. The fourth-order valence-corrected chi connectivity index (χ4v) is 5.72. The fourth-order valence-electron chi connectivity index (χ4n) is 3.90. The van der Waals surface area contributed by atoms with Gasteiger partial charge in [0.25, 0.3) is 10.0 Å². The third-order valence-electron chi connectivity index (χ3n) is 6.04. The van der Waals surface area contributed by atoms with E-state index in [9.17, 15) is 18.0 Å². The number of hydrogen-bond donors (Lipinski definition) is 1.